The molecule has 1 aromatic heterocycles. The number of hydrogen-bond donors (Lipinski definition) is 3. The molecule has 2 amide bonds. The minimum Gasteiger partial charge on any atom is -0.312 e. The molecule has 0 bridgehead atoms. The highest BCUT2D eigenvalue weighted by molar-refractivity contribution is 6.30. The van der Waals surface area contributed by atoms with Crippen molar-refractivity contribution in [2.75, 3.05) is 17.2 Å². The summed E-state index contributed by atoms with van der Waals surface area (Å²) < 4.78 is 0. The first kappa shape index (κ1) is 16.5. The second kappa shape index (κ2) is 7.45. The van der Waals surface area contributed by atoms with E-state index in [2.05, 4.69) is 20.9 Å². The molecule has 0 aliphatic carbocycles. The van der Waals surface area contributed by atoms with E-state index >= 15 is 0 Å². The first-order chi connectivity index (χ1) is 10.2. The predicted molar refractivity (Wildman–Crippen MR) is 91.0 cm³/mol. The number of rotatable bonds is 2. The van der Waals surface area contributed by atoms with Crippen LogP contribution in [0.1, 0.15) is 11.1 Å². The summed E-state index contributed by atoms with van der Waals surface area (Å²) in [5.74, 6) is 0.457. The van der Waals surface area contributed by atoms with Crippen molar-refractivity contribution in [3.05, 3.63) is 52.7 Å². The number of benzene rings is 1. The van der Waals surface area contributed by atoms with Gasteiger partial charge in [0.1, 0.15) is 5.82 Å². The number of carbonyl (C=O) groups excluding carboxylic acids is 1. The van der Waals surface area contributed by atoms with Crippen LogP contribution in [0, 0.1) is 0 Å². The van der Waals surface area contributed by atoms with Crippen LogP contribution in [-0.4, -0.2) is 17.6 Å². The number of aromatic nitrogens is 1. The van der Waals surface area contributed by atoms with Crippen molar-refractivity contribution in [2.24, 2.45) is 0 Å². The van der Waals surface area contributed by atoms with Gasteiger partial charge in [0.25, 0.3) is 0 Å². The summed E-state index contributed by atoms with van der Waals surface area (Å²) in [6.45, 7) is 1.86. The van der Waals surface area contributed by atoms with Gasteiger partial charge in [0.15, 0.2) is 0 Å². The molecular formula is C15H16Cl2N4O. The number of anilines is 2. The fraction of sp³-hybridized carbons (Fsp3) is 0.200. The Balaban J connectivity index is 0.00000176. The number of carbonyl (C=O) groups is 1. The zero-order valence-electron chi connectivity index (χ0n) is 11.7. The van der Waals surface area contributed by atoms with E-state index < -0.39 is 0 Å². The second-order valence-corrected chi connectivity index (χ2v) is 5.29. The van der Waals surface area contributed by atoms with Crippen LogP contribution >= 0.6 is 24.0 Å². The lowest BCUT2D eigenvalue weighted by molar-refractivity contribution is 0.262. The Morgan fingerprint density at radius 3 is 2.82 bits per heavy atom. The molecule has 0 saturated heterocycles. The molecule has 7 heteroatoms. The highest BCUT2D eigenvalue weighted by atomic mass is 35.5. The van der Waals surface area contributed by atoms with Gasteiger partial charge in [-0.15, -0.1) is 12.4 Å². The van der Waals surface area contributed by atoms with E-state index in [1.807, 2.05) is 18.2 Å². The average Bonchev–Trinajstić information content (AvgIpc) is 2.49. The van der Waals surface area contributed by atoms with E-state index in [-0.39, 0.29) is 18.4 Å². The number of nitrogens with zero attached hydrogens (tertiary/aromatic N) is 1. The Bertz CT molecular complexity index is 661. The zero-order chi connectivity index (χ0) is 14.7. The fourth-order valence-corrected chi connectivity index (χ4v) is 2.40. The third kappa shape index (κ3) is 4.10. The Morgan fingerprint density at radius 1 is 1.18 bits per heavy atom. The summed E-state index contributed by atoms with van der Waals surface area (Å²) in [6, 6.07) is 8.97. The van der Waals surface area contributed by atoms with Gasteiger partial charge in [-0.25, -0.2) is 9.78 Å². The molecule has 0 radical (unpaired) electrons. The average molecular weight is 339 g/mol. The monoisotopic (exact) mass is 338 g/mol. The quantitative estimate of drug-likeness (QED) is 0.785. The van der Waals surface area contributed by atoms with Crippen molar-refractivity contribution < 1.29 is 4.79 Å². The maximum atomic E-state index is 11.9. The maximum Gasteiger partial charge on any atom is 0.324 e. The van der Waals surface area contributed by atoms with Gasteiger partial charge >= 0.3 is 6.03 Å². The number of urea groups is 1. The van der Waals surface area contributed by atoms with Crippen molar-refractivity contribution in [2.45, 2.75) is 13.0 Å². The van der Waals surface area contributed by atoms with Gasteiger partial charge in [-0.05, 0) is 48.4 Å². The van der Waals surface area contributed by atoms with Gasteiger partial charge in [-0.3, -0.25) is 5.32 Å². The van der Waals surface area contributed by atoms with Crippen LogP contribution in [0.2, 0.25) is 5.02 Å². The smallest absolute Gasteiger partial charge is 0.312 e. The van der Waals surface area contributed by atoms with Crippen LogP contribution in [0.4, 0.5) is 16.3 Å². The van der Waals surface area contributed by atoms with E-state index in [1.165, 1.54) is 17.3 Å². The standard InChI is InChI=1S/C15H15ClN4O.ClH/c16-12-2-4-14(18-9-12)20-15(21)19-13-3-1-11-8-17-6-5-10(11)7-13;/h1-4,7,9,17H,5-6,8H2,(H2,18,19,20,21);1H. The molecule has 1 aliphatic heterocycles. The number of pyridine rings is 1. The Labute approximate surface area is 139 Å². The van der Waals surface area contributed by atoms with Crippen LogP contribution in [-0.2, 0) is 13.0 Å². The molecule has 22 heavy (non-hydrogen) atoms. The van der Waals surface area contributed by atoms with Crippen molar-refractivity contribution in [1.29, 1.82) is 0 Å². The van der Waals surface area contributed by atoms with Crippen LogP contribution < -0.4 is 16.0 Å². The lowest BCUT2D eigenvalue weighted by Gasteiger charge is -2.18. The van der Waals surface area contributed by atoms with Crippen molar-refractivity contribution in [1.82, 2.24) is 10.3 Å². The van der Waals surface area contributed by atoms with Crippen molar-refractivity contribution in [3.63, 3.8) is 0 Å². The molecule has 2 aromatic rings. The molecule has 3 N–H and O–H groups in total. The molecule has 0 unspecified atom stereocenters. The van der Waals surface area contributed by atoms with Crippen molar-refractivity contribution >= 4 is 41.5 Å². The normalized spacial score (nSPS) is 12.8. The first-order valence-electron chi connectivity index (χ1n) is 6.73. The number of fused-ring (bicyclic) bond motifs is 1. The van der Waals surface area contributed by atoms with Crippen molar-refractivity contribution in [3.8, 4) is 0 Å². The summed E-state index contributed by atoms with van der Waals surface area (Å²) in [5.41, 5.74) is 3.34. The van der Waals surface area contributed by atoms with Gasteiger partial charge in [-0.1, -0.05) is 17.7 Å². The second-order valence-electron chi connectivity index (χ2n) is 4.85. The number of hydrogen-bond acceptors (Lipinski definition) is 3. The summed E-state index contributed by atoms with van der Waals surface area (Å²) in [6.07, 6.45) is 2.47. The Hall–Kier alpha value is -1.82. The number of halogens is 2. The van der Waals surface area contributed by atoms with E-state index in [4.69, 9.17) is 11.6 Å². The molecule has 2 heterocycles. The molecule has 116 valence electrons. The molecule has 3 rings (SSSR count). The van der Waals surface area contributed by atoms with Crippen LogP contribution in [0.3, 0.4) is 0 Å². The summed E-state index contributed by atoms with van der Waals surface area (Å²) in [4.78, 5) is 15.9. The lowest BCUT2D eigenvalue weighted by atomic mass is 10.0. The number of nitrogens with one attached hydrogen (secondary N) is 3. The Morgan fingerprint density at radius 2 is 2.05 bits per heavy atom. The molecule has 0 atom stereocenters. The molecule has 0 fully saturated rings. The minimum atomic E-state index is -0.321. The predicted octanol–water partition coefficient (Wildman–Crippen LogP) is 3.45. The van der Waals surface area contributed by atoms with Gasteiger partial charge in [0, 0.05) is 18.4 Å². The van der Waals surface area contributed by atoms with Gasteiger partial charge in [-0.2, -0.15) is 0 Å². The van der Waals surface area contributed by atoms with Gasteiger partial charge in [0.05, 0.1) is 5.02 Å². The van der Waals surface area contributed by atoms with E-state index in [0.717, 1.165) is 25.2 Å². The molecule has 1 aromatic carbocycles. The summed E-state index contributed by atoms with van der Waals surface area (Å²) in [5, 5.41) is 9.33. The molecule has 5 nitrogen and oxygen atoms in total. The third-order valence-corrected chi connectivity index (χ3v) is 3.54. The highest BCUT2D eigenvalue weighted by Gasteiger charge is 2.10. The molecule has 1 aliphatic rings. The largest absolute Gasteiger partial charge is 0.324 e. The zero-order valence-corrected chi connectivity index (χ0v) is 13.3. The molecular weight excluding hydrogens is 323 g/mol. The summed E-state index contributed by atoms with van der Waals surface area (Å²) in [7, 11) is 0. The first-order valence-corrected chi connectivity index (χ1v) is 7.10. The van der Waals surface area contributed by atoms with E-state index in [1.54, 1.807) is 12.1 Å². The SMILES string of the molecule is Cl.O=C(Nc1ccc2c(c1)CCNC2)Nc1ccc(Cl)cn1. The van der Waals surface area contributed by atoms with Gasteiger partial charge < -0.3 is 10.6 Å². The maximum absolute atomic E-state index is 11.9. The van der Waals surface area contributed by atoms with Crippen LogP contribution in [0.25, 0.3) is 0 Å². The van der Waals surface area contributed by atoms with Gasteiger partial charge in [0.2, 0.25) is 0 Å². The molecule has 0 saturated carbocycles. The van der Waals surface area contributed by atoms with E-state index in [0.29, 0.717) is 10.8 Å². The lowest BCUT2D eigenvalue weighted by Crippen LogP contribution is -2.24. The van der Waals surface area contributed by atoms with E-state index in [9.17, 15) is 4.79 Å². The van der Waals surface area contributed by atoms with Crippen LogP contribution in [0.15, 0.2) is 36.5 Å². The summed E-state index contributed by atoms with van der Waals surface area (Å²) >= 11 is 5.75. The number of amides is 2. The van der Waals surface area contributed by atoms with Crippen LogP contribution in [0.5, 0.6) is 0 Å². The minimum absolute atomic E-state index is 0. The molecule has 0 spiro atoms. The highest BCUT2D eigenvalue weighted by Crippen LogP contribution is 2.19. The third-order valence-electron chi connectivity index (χ3n) is 3.32. The Kier molecular flexibility index (Phi) is 5.60. The fourth-order valence-electron chi connectivity index (χ4n) is 2.28. The topological polar surface area (TPSA) is 66.1 Å².